The number of nitrogens with one attached hydrogen (secondary N) is 1. The molecule has 1 aliphatic heterocycles. The number of aryl methyl sites for hydroxylation is 1. The average molecular weight is 505 g/mol. The van der Waals surface area contributed by atoms with Crippen LogP contribution in [0.25, 0.3) is 10.9 Å². The van der Waals surface area contributed by atoms with Crippen molar-refractivity contribution < 1.29 is 0 Å². The Labute approximate surface area is 222 Å². The predicted molar refractivity (Wildman–Crippen MR) is 149 cm³/mol. The van der Waals surface area contributed by atoms with Crippen LogP contribution in [0.3, 0.4) is 0 Å². The van der Waals surface area contributed by atoms with Gasteiger partial charge < -0.3 is 4.98 Å². The van der Waals surface area contributed by atoms with Crippen LogP contribution in [0.2, 0.25) is 0 Å². The normalized spacial score (nSPS) is 15.6. The number of aromatic nitrogens is 5. The third kappa shape index (κ3) is 5.15. The van der Waals surface area contributed by atoms with E-state index in [0.717, 1.165) is 54.4 Å². The molecule has 0 unspecified atom stereocenters. The number of aromatic amines is 1. The van der Waals surface area contributed by atoms with Crippen molar-refractivity contribution in [3.05, 3.63) is 123 Å². The maximum atomic E-state index is 13.5. The van der Waals surface area contributed by atoms with Crippen LogP contribution >= 0.6 is 0 Å². The third-order valence-electron chi connectivity index (χ3n) is 7.69. The summed E-state index contributed by atoms with van der Waals surface area (Å²) in [5.74, 6) is 1.32. The highest BCUT2D eigenvalue weighted by molar-refractivity contribution is 5.79. The maximum Gasteiger partial charge on any atom is 0.253 e. The van der Waals surface area contributed by atoms with Crippen LogP contribution < -0.4 is 5.56 Å². The van der Waals surface area contributed by atoms with E-state index in [-0.39, 0.29) is 11.6 Å². The van der Waals surface area contributed by atoms with Gasteiger partial charge in [0, 0.05) is 11.1 Å². The third-order valence-corrected chi connectivity index (χ3v) is 7.69. The molecule has 7 nitrogen and oxygen atoms in total. The Kier molecular flexibility index (Phi) is 6.84. The highest BCUT2D eigenvalue weighted by Crippen LogP contribution is 2.32. The summed E-state index contributed by atoms with van der Waals surface area (Å²) in [6, 6.07) is 28.8. The molecule has 38 heavy (non-hydrogen) atoms. The highest BCUT2D eigenvalue weighted by Gasteiger charge is 2.33. The van der Waals surface area contributed by atoms with Gasteiger partial charge in [0.2, 0.25) is 0 Å². The number of piperidine rings is 1. The topological polar surface area (TPSA) is 79.7 Å². The molecule has 0 aliphatic carbocycles. The number of benzene rings is 3. The zero-order valence-electron chi connectivity index (χ0n) is 21.6. The zero-order chi connectivity index (χ0) is 25.9. The van der Waals surface area contributed by atoms with Crippen molar-refractivity contribution in [2.24, 2.45) is 5.92 Å². The van der Waals surface area contributed by atoms with E-state index in [1.807, 2.05) is 41.9 Å². The average Bonchev–Trinajstić information content (AvgIpc) is 3.39. The summed E-state index contributed by atoms with van der Waals surface area (Å²) in [6.07, 6.45) is 3.22. The van der Waals surface area contributed by atoms with Gasteiger partial charge in [0.25, 0.3) is 5.56 Å². The van der Waals surface area contributed by atoms with Crippen LogP contribution in [0.1, 0.15) is 47.0 Å². The van der Waals surface area contributed by atoms with Crippen LogP contribution in [0.15, 0.2) is 89.7 Å². The second kappa shape index (κ2) is 10.7. The quantitative estimate of drug-likeness (QED) is 0.341. The molecule has 6 rings (SSSR count). The summed E-state index contributed by atoms with van der Waals surface area (Å²) >= 11 is 0. The smallest absolute Gasteiger partial charge is 0.253 e. The Morgan fingerprint density at radius 2 is 1.63 bits per heavy atom. The van der Waals surface area contributed by atoms with E-state index >= 15 is 0 Å². The fourth-order valence-corrected chi connectivity index (χ4v) is 5.67. The van der Waals surface area contributed by atoms with E-state index in [1.165, 1.54) is 5.56 Å². The Bertz CT molecular complexity index is 1570. The first kappa shape index (κ1) is 24.2. The van der Waals surface area contributed by atoms with Gasteiger partial charge in [-0.05, 0) is 89.8 Å². The predicted octanol–water partition coefficient (Wildman–Crippen LogP) is 4.92. The minimum atomic E-state index is -0.333. The van der Waals surface area contributed by atoms with Gasteiger partial charge in [-0.3, -0.25) is 9.69 Å². The number of rotatable bonds is 7. The standard InChI is InChI=1S/C31H32N6O/c1-22-12-13-26-20-27(31(38)32-28(26)18-22)29(30-33-34-35-37(30)21-25-10-6-3-7-11-25)36-16-14-24(15-17-36)19-23-8-4-2-5-9-23/h2-13,18,20,24,29H,14-17,19,21H2,1H3,(H,32,38)/t29-/m1/s1. The summed E-state index contributed by atoms with van der Waals surface area (Å²) in [5.41, 5.74) is 5.06. The molecule has 192 valence electrons. The molecule has 1 N–H and O–H groups in total. The lowest BCUT2D eigenvalue weighted by Crippen LogP contribution is -2.41. The van der Waals surface area contributed by atoms with E-state index in [2.05, 4.69) is 80.0 Å². The summed E-state index contributed by atoms with van der Waals surface area (Å²) in [6.45, 7) is 4.35. The summed E-state index contributed by atoms with van der Waals surface area (Å²) in [5, 5.41) is 13.9. The van der Waals surface area contributed by atoms with Gasteiger partial charge in [-0.15, -0.1) is 5.10 Å². The molecule has 5 aromatic rings. The maximum absolute atomic E-state index is 13.5. The highest BCUT2D eigenvalue weighted by atomic mass is 16.1. The molecule has 7 heteroatoms. The fourth-order valence-electron chi connectivity index (χ4n) is 5.67. The first-order chi connectivity index (χ1) is 18.6. The van der Waals surface area contributed by atoms with E-state index in [9.17, 15) is 4.79 Å². The van der Waals surface area contributed by atoms with Crippen molar-refractivity contribution in [1.29, 1.82) is 0 Å². The first-order valence-electron chi connectivity index (χ1n) is 13.4. The number of hydrogen-bond donors (Lipinski definition) is 1. The van der Waals surface area contributed by atoms with Gasteiger partial charge in [0.15, 0.2) is 5.82 Å². The molecule has 1 aliphatic rings. The number of fused-ring (bicyclic) bond motifs is 1. The molecule has 1 atom stereocenters. The summed E-state index contributed by atoms with van der Waals surface area (Å²) in [7, 11) is 0. The number of nitrogens with zero attached hydrogens (tertiary/aromatic N) is 5. The minimum absolute atomic E-state index is 0.0891. The summed E-state index contributed by atoms with van der Waals surface area (Å²) in [4.78, 5) is 19.1. The van der Waals surface area contributed by atoms with Crippen LogP contribution in [0.4, 0.5) is 0 Å². The molecule has 1 saturated heterocycles. The molecule has 0 radical (unpaired) electrons. The Morgan fingerprint density at radius 1 is 0.921 bits per heavy atom. The monoisotopic (exact) mass is 504 g/mol. The number of hydrogen-bond acceptors (Lipinski definition) is 5. The van der Waals surface area contributed by atoms with Gasteiger partial charge in [-0.25, -0.2) is 4.68 Å². The van der Waals surface area contributed by atoms with Crippen molar-refractivity contribution in [2.75, 3.05) is 13.1 Å². The van der Waals surface area contributed by atoms with Crippen molar-refractivity contribution in [2.45, 2.75) is 38.8 Å². The number of tetrazole rings is 1. The number of pyridine rings is 1. The van der Waals surface area contributed by atoms with Crippen LogP contribution in [-0.4, -0.2) is 43.2 Å². The second-order valence-corrected chi connectivity index (χ2v) is 10.4. The molecule has 0 spiro atoms. The van der Waals surface area contributed by atoms with Gasteiger partial charge in [0.1, 0.15) is 6.04 Å². The molecular formula is C31H32N6O. The minimum Gasteiger partial charge on any atom is -0.322 e. The number of likely N-dealkylation sites (tertiary alicyclic amines) is 1. The van der Waals surface area contributed by atoms with E-state index in [4.69, 9.17) is 0 Å². The fraction of sp³-hybridized carbons (Fsp3) is 0.290. The van der Waals surface area contributed by atoms with Crippen molar-refractivity contribution in [3.8, 4) is 0 Å². The van der Waals surface area contributed by atoms with Crippen molar-refractivity contribution in [1.82, 2.24) is 30.1 Å². The van der Waals surface area contributed by atoms with Crippen LogP contribution in [-0.2, 0) is 13.0 Å². The molecule has 3 aromatic carbocycles. The van der Waals surface area contributed by atoms with E-state index in [0.29, 0.717) is 23.9 Å². The summed E-state index contributed by atoms with van der Waals surface area (Å²) < 4.78 is 1.84. The van der Waals surface area contributed by atoms with Gasteiger partial charge in [-0.2, -0.15) is 0 Å². The molecule has 2 aromatic heterocycles. The van der Waals surface area contributed by atoms with E-state index in [1.54, 1.807) is 0 Å². The van der Waals surface area contributed by atoms with Crippen LogP contribution in [0.5, 0.6) is 0 Å². The molecular weight excluding hydrogens is 472 g/mol. The van der Waals surface area contributed by atoms with Crippen molar-refractivity contribution in [3.63, 3.8) is 0 Å². The van der Waals surface area contributed by atoms with Crippen molar-refractivity contribution >= 4 is 10.9 Å². The molecule has 0 bridgehead atoms. The largest absolute Gasteiger partial charge is 0.322 e. The van der Waals surface area contributed by atoms with Gasteiger partial charge in [0.05, 0.1) is 6.54 Å². The Hall–Kier alpha value is -4.10. The second-order valence-electron chi connectivity index (χ2n) is 10.4. The lowest BCUT2D eigenvalue weighted by molar-refractivity contribution is 0.143. The van der Waals surface area contributed by atoms with E-state index < -0.39 is 0 Å². The molecule has 1 fully saturated rings. The SMILES string of the molecule is Cc1ccc2cc([C@H](c3nnnn3Cc3ccccc3)N3CCC(Cc4ccccc4)CC3)c(=O)[nH]c2c1. The Morgan fingerprint density at radius 3 is 2.37 bits per heavy atom. The lowest BCUT2D eigenvalue weighted by Gasteiger charge is -2.37. The Balaban J connectivity index is 1.35. The number of H-pyrrole nitrogens is 1. The van der Waals surface area contributed by atoms with Gasteiger partial charge in [-0.1, -0.05) is 72.8 Å². The first-order valence-corrected chi connectivity index (χ1v) is 13.4. The molecule has 3 heterocycles. The lowest BCUT2D eigenvalue weighted by atomic mass is 9.89. The van der Waals surface area contributed by atoms with Gasteiger partial charge >= 0.3 is 0 Å². The molecule has 0 amide bonds. The van der Waals surface area contributed by atoms with Crippen LogP contribution in [0, 0.1) is 12.8 Å². The zero-order valence-corrected chi connectivity index (χ0v) is 21.6. The molecule has 0 saturated carbocycles.